The number of aliphatic hydroxyl groups is 1. The maximum atomic E-state index is 11.3. The first-order chi connectivity index (χ1) is 6.07. The third-order valence-corrected chi connectivity index (χ3v) is 1.75. The fourth-order valence-electron chi connectivity index (χ4n) is 0.933. The highest BCUT2D eigenvalue weighted by Crippen LogP contribution is 1.89. The first-order valence-corrected chi connectivity index (χ1v) is 4.66. The Balaban J connectivity index is 3.50. The van der Waals surface area contributed by atoms with Crippen molar-refractivity contribution in [2.24, 2.45) is 0 Å². The van der Waals surface area contributed by atoms with Crippen LogP contribution in [-0.2, 0) is 4.79 Å². The molecule has 0 aliphatic heterocycles. The number of amides is 1. The van der Waals surface area contributed by atoms with E-state index in [9.17, 15) is 4.79 Å². The minimum absolute atomic E-state index is 0.0276. The van der Waals surface area contributed by atoms with Gasteiger partial charge in [-0.2, -0.15) is 0 Å². The van der Waals surface area contributed by atoms with Crippen LogP contribution in [0.5, 0.6) is 0 Å². The molecule has 1 amide bonds. The van der Waals surface area contributed by atoms with E-state index in [0.29, 0.717) is 25.6 Å². The number of likely N-dealkylation sites (N-methyl/N-ethyl adjacent to an activating group) is 1. The smallest absolute Gasteiger partial charge is 0.223 e. The van der Waals surface area contributed by atoms with E-state index >= 15 is 0 Å². The van der Waals surface area contributed by atoms with Crippen molar-refractivity contribution in [3.63, 3.8) is 0 Å². The van der Waals surface area contributed by atoms with E-state index in [1.807, 2.05) is 13.8 Å². The Labute approximate surface area is 79.9 Å². The van der Waals surface area contributed by atoms with E-state index in [1.165, 1.54) is 0 Å². The highest BCUT2D eigenvalue weighted by molar-refractivity contribution is 5.76. The zero-order chi connectivity index (χ0) is 10.3. The average molecular weight is 188 g/mol. The molecule has 0 aliphatic carbocycles. The van der Waals surface area contributed by atoms with Crippen LogP contribution in [-0.4, -0.2) is 48.7 Å². The second-order valence-corrected chi connectivity index (χ2v) is 3.40. The van der Waals surface area contributed by atoms with Crippen molar-refractivity contribution in [2.75, 3.05) is 26.7 Å². The fraction of sp³-hybridized carbons (Fsp3) is 0.889. The van der Waals surface area contributed by atoms with Crippen LogP contribution in [0.2, 0.25) is 0 Å². The van der Waals surface area contributed by atoms with Gasteiger partial charge in [0.1, 0.15) is 0 Å². The van der Waals surface area contributed by atoms with Crippen LogP contribution in [0.15, 0.2) is 0 Å². The van der Waals surface area contributed by atoms with Gasteiger partial charge < -0.3 is 15.3 Å². The van der Waals surface area contributed by atoms with Crippen LogP contribution in [0.25, 0.3) is 0 Å². The monoisotopic (exact) mass is 188 g/mol. The summed E-state index contributed by atoms with van der Waals surface area (Å²) in [6, 6.07) is 0.413. The molecule has 78 valence electrons. The lowest BCUT2D eigenvalue weighted by molar-refractivity contribution is -0.130. The molecule has 4 heteroatoms. The van der Waals surface area contributed by atoms with Gasteiger partial charge in [0.15, 0.2) is 0 Å². The first kappa shape index (κ1) is 12.4. The number of carbonyl (C=O) groups excluding carboxylic acids is 1. The van der Waals surface area contributed by atoms with Gasteiger partial charge in [-0.25, -0.2) is 0 Å². The van der Waals surface area contributed by atoms with E-state index in [0.717, 1.165) is 0 Å². The third kappa shape index (κ3) is 6.54. The Kier molecular flexibility index (Phi) is 6.54. The number of carbonyl (C=O) groups is 1. The SMILES string of the molecule is CC(C)NCCC(=O)N(C)CCO. The van der Waals surface area contributed by atoms with E-state index < -0.39 is 0 Å². The second-order valence-electron chi connectivity index (χ2n) is 3.40. The van der Waals surface area contributed by atoms with Gasteiger partial charge in [-0.1, -0.05) is 13.8 Å². The summed E-state index contributed by atoms with van der Waals surface area (Å²) in [7, 11) is 1.70. The van der Waals surface area contributed by atoms with Crippen LogP contribution in [0.3, 0.4) is 0 Å². The summed E-state index contributed by atoms with van der Waals surface area (Å²) in [6.45, 7) is 5.23. The Bertz CT molecular complexity index is 149. The van der Waals surface area contributed by atoms with Gasteiger partial charge >= 0.3 is 0 Å². The minimum Gasteiger partial charge on any atom is -0.395 e. The van der Waals surface area contributed by atoms with Gasteiger partial charge in [-0.15, -0.1) is 0 Å². The minimum atomic E-state index is 0.0276. The molecular formula is C9H20N2O2. The lowest BCUT2D eigenvalue weighted by atomic mass is 10.3. The Morgan fingerprint density at radius 3 is 2.62 bits per heavy atom. The van der Waals surface area contributed by atoms with Gasteiger partial charge in [0, 0.05) is 32.6 Å². The Hall–Kier alpha value is -0.610. The molecule has 0 saturated carbocycles. The largest absolute Gasteiger partial charge is 0.395 e. The molecular weight excluding hydrogens is 168 g/mol. The number of hydrogen-bond acceptors (Lipinski definition) is 3. The van der Waals surface area contributed by atoms with Crippen molar-refractivity contribution >= 4 is 5.91 Å². The van der Waals surface area contributed by atoms with Crippen molar-refractivity contribution in [3.05, 3.63) is 0 Å². The molecule has 0 atom stereocenters. The van der Waals surface area contributed by atoms with Gasteiger partial charge in [0.2, 0.25) is 5.91 Å². The summed E-state index contributed by atoms with van der Waals surface area (Å²) in [4.78, 5) is 12.8. The van der Waals surface area contributed by atoms with E-state index in [-0.39, 0.29) is 12.5 Å². The molecule has 0 saturated heterocycles. The maximum absolute atomic E-state index is 11.3. The van der Waals surface area contributed by atoms with E-state index in [4.69, 9.17) is 5.11 Å². The lowest BCUT2D eigenvalue weighted by Crippen LogP contribution is -2.33. The first-order valence-electron chi connectivity index (χ1n) is 4.66. The zero-order valence-corrected chi connectivity index (χ0v) is 8.71. The summed E-state index contributed by atoms with van der Waals surface area (Å²) in [6.07, 6.45) is 0.495. The van der Waals surface area contributed by atoms with Gasteiger partial charge in [-0.05, 0) is 0 Å². The number of rotatable bonds is 6. The standard InChI is InChI=1S/C9H20N2O2/c1-8(2)10-5-4-9(13)11(3)6-7-12/h8,10,12H,4-7H2,1-3H3. The van der Waals surface area contributed by atoms with Crippen LogP contribution < -0.4 is 5.32 Å². The highest BCUT2D eigenvalue weighted by Gasteiger charge is 2.06. The highest BCUT2D eigenvalue weighted by atomic mass is 16.3. The molecule has 0 aliphatic rings. The molecule has 0 radical (unpaired) electrons. The van der Waals surface area contributed by atoms with Crippen molar-refractivity contribution in [2.45, 2.75) is 26.3 Å². The average Bonchev–Trinajstić information content (AvgIpc) is 2.04. The molecule has 0 aromatic carbocycles. The molecule has 4 nitrogen and oxygen atoms in total. The quantitative estimate of drug-likeness (QED) is 0.608. The normalized spacial score (nSPS) is 10.5. The van der Waals surface area contributed by atoms with Crippen LogP contribution in [0.4, 0.5) is 0 Å². The third-order valence-electron chi connectivity index (χ3n) is 1.75. The molecule has 0 unspecified atom stereocenters. The molecule has 0 bridgehead atoms. The summed E-state index contributed by atoms with van der Waals surface area (Å²) in [5.74, 6) is 0.0715. The molecule has 2 N–H and O–H groups in total. The zero-order valence-electron chi connectivity index (χ0n) is 8.71. The predicted octanol–water partition coefficient (Wildman–Crippen LogP) is -0.175. The van der Waals surface area contributed by atoms with Gasteiger partial charge in [0.05, 0.1) is 6.61 Å². The van der Waals surface area contributed by atoms with Crippen molar-refractivity contribution in [1.82, 2.24) is 10.2 Å². The lowest BCUT2D eigenvalue weighted by Gasteiger charge is -2.16. The predicted molar refractivity (Wildman–Crippen MR) is 52.5 cm³/mol. The fourth-order valence-corrected chi connectivity index (χ4v) is 0.933. The van der Waals surface area contributed by atoms with Crippen LogP contribution >= 0.6 is 0 Å². The van der Waals surface area contributed by atoms with Gasteiger partial charge in [0.25, 0.3) is 0 Å². The number of nitrogens with one attached hydrogen (secondary N) is 1. The molecule has 0 heterocycles. The molecule has 0 aromatic rings. The number of nitrogens with zero attached hydrogens (tertiary/aromatic N) is 1. The van der Waals surface area contributed by atoms with Gasteiger partial charge in [-0.3, -0.25) is 4.79 Å². The van der Waals surface area contributed by atoms with Crippen molar-refractivity contribution < 1.29 is 9.90 Å². The molecule has 13 heavy (non-hydrogen) atoms. The molecule has 0 fully saturated rings. The van der Waals surface area contributed by atoms with E-state index in [1.54, 1.807) is 11.9 Å². The Morgan fingerprint density at radius 1 is 1.54 bits per heavy atom. The second kappa shape index (κ2) is 6.86. The maximum Gasteiger partial charge on any atom is 0.223 e. The van der Waals surface area contributed by atoms with Crippen LogP contribution in [0.1, 0.15) is 20.3 Å². The van der Waals surface area contributed by atoms with Crippen LogP contribution in [0, 0.1) is 0 Å². The number of aliphatic hydroxyl groups excluding tert-OH is 1. The molecule has 0 spiro atoms. The van der Waals surface area contributed by atoms with E-state index in [2.05, 4.69) is 5.32 Å². The summed E-state index contributed by atoms with van der Waals surface area (Å²) in [5.41, 5.74) is 0. The summed E-state index contributed by atoms with van der Waals surface area (Å²) >= 11 is 0. The Morgan fingerprint density at radius 2 is 2.15 bits per heavy atom. The number of hydrogen-bond donors (Lipinski definition) is 2. The topological polar surface area (TPSA) is 52.6 Å². The van der Waals surface area contributed by atoms with Crippen molar-refractivity contribution in [3.8, 4) is 0 Å². The summed E-state index contributed by atoms with van der Waals surface area (Å²) in [5, 5.41) is 11.8. The molecule has 0 aromatic heterocycles. The summed E-state index contributed by atoms with van der Waals surface area (Å²) < 4.78 is 0. The molecule has 0 rings (SSSR count). The van der Waals surface area contributed by atoms with Crippen molar-refractivity contribution in [1.29, 1.82) is 0 Å².